The number of hydrogen-bond donors (Lipinski definition) is 1. The number of halogens is 1. The van der Waals surface area contributed by atoms with E-state index in [0.29, 0.717) is 25.3 Å². The van der Waals surface area contributed by atoms with Crippen LogP contribution < -0.4 is 0 Å². The van der Waals surface area contributed by atoms with Gasteiger partial charge in [0.1, 0.15) is 5.82 Å². The minimum Gasteiger partial charge on any atom is -0.388 e. The number of ether oxygens (including phenoxy) is 1. The Balaban J connectivity index is 1.93. The van der Waals surface area contributed by atoms with Gasteiger partial charge in [0.25, 0.3) is 0 Å². The van der Waals surface area contributed by atoms with E-state index in [2.05, 4.69) is 0 Å². The van der Waals surface area contributed by atoms with Gasteiger partial charge in [-0.15, -0.1) is 0 Å². The Labute approximate surface area is 130 Å². The zero-order chi connectivity index (χ0) is 16.1. The lowest BCUT2D eigenvalue weighted by Gasteiger charge is -2.30. The third kappa shape index (κ3) is 4.03. The largest absolute Gasteiger partial charge is 0.388 e. The third-order valence-electron chi connectivity index (χ3n) is 3.89. The first-order chi connectivity index (χ1) is 10.5. The first-order valence-electron chi connectivity index (χ1n) is 7.50. The molecule has 2 rings (SSSR count). The molecule has 1 saturated heterocycles. The van der Waals surface area contributed by atoms with Gasteiger partial charge in [0, 0.05) is 18.7 Å². The Morgan fingerprint density at radius 2 is 2.14 bits per heavy atom. The maximum atomic E-state index is 13.6. The molecule has 122 valence electrons. The molecule has 1 aliphatic heterocycles. The van der Waals surface area contributed by atoms with Crippen LogP contribution in [-0.2, 0) is 16.1 Å². The minimum atomic E-state index is -0.638. The summed E-state index contributed by atoms with van der Waals surface area (Å²) in [7, 11) is 1.78. The quantitative estimate of drug-likeness (QED) is 0.847. The normalized spacial score (nSPS) is 21.3. The van der Waals surface area contributed by atoms with E-state index in [4.69, 9.17) is 4.74 Å². The Morgan fingerprint density at radius 3 is 2.73 bits per heavy atom. The molecule has 1 fully saturated rings. The molecule has 1 heterocycles. The molecule has 1 aliphatic rings. The number of carbonyl (C=O) groups excluding carboxylic acids is 1. The second-order valence-corrected chi connectivity index (χ2v) is 5.62. The molecule has 0 spiro atoms. The number of amides is 1. The number of rotatable bonds is 6. The maximum absolute atomic E-state index is 13.6. The number of benzene rings is 1. The van der Waals surface area contributed by atoms with Gasteiger partial charge in [-0.3, -0.25) is 9.69 Å². The molecule has 0 saturated carbocycles. The number of aliphatic hydroxyl groups is 1. The molecular formula is C16H23FN2O3. The Morgan fingerprint density at radius 1 is 1.41 bits per heavy atom. The van der Waals surface area contributed by atoms with Crippen LogP contribution in [0.25, 0.3) is 0 Å². The summed E-state index contributed by atoms with van der Waals surface area (Å²) in [4.78, 5) is 15.8. The van der Waals surface area contributed by atoms with Gasteiger partial charge in [-0.1, -0.05) is 18.2 Å². The van der Waals surface area contributed by atoms with Gasteiger partial charge < -0.3 is 14.7 Å². The Bertz CT molecular complexity index is 512. The van der Waals surface area contributed by atoms with Crippen molar-refractivity contribution in [1.29, 1.82) is 0 Å². The highest BCUT2D eigenvalue weighted by Crippen LogP contribution is 2.14. The average Bonchev–Trinajstić information content (AvgIpc) is 2.88. The fourth-order valence-corrected chi connectivity index (χ4v) is 2.72. The molecule has 1 aromatic rings. The minimum absolute atomic E-state index is 0.0871. The first-order valence-corrected chi connectivity index (χ1v) is 7.50. The molecule has 2 unspecified atom stereocenters. The van der Waals surface area contributed by atoms with Crippen LogP contribution in [0.2, 0.25) is 0 Å². The van der Waals surface area contributed by atoms with E-state index in [1.165, 1.54) is 6.07 Å². The van der Waals surface area contributed by atoms with Gasteiger partial charge >= 0.3 is 0 Å². The van der Waals surface area contributed by atoms with E-state index in [-0.39, 0.29) is 30.9 Å². The first kappa shape index (κ1) is 16.9. The van der Waals surface area contributed by atoms with Crippen molar-refractivity contribution >= 4 is 5.91 Å². The summed E-state index contributed by atoms with van der Waals surface area (Å²) in [5.74, 6) is -0.357. The number of nitrogens with zero attached hydrogens (tertiary/aromatic N) is 2. The lowest BCUT2D eigenvalue weighted by Crippen LogP contribution is -2.49. The van der Waals surface area contributed by atoms with Gasteiger partial charge in [0.15, 0.2) is 0 Å². The number of carbonyl (C=O) groups is 1. The predicted molar refractivity (Wildman–Crippen MR) is 80.7 cm³/mol. The summed E-state index contributed by atoms with van der Waals surface area (Å²) in [5.41, 5.74) is 0.560. The number of likely N-dealkylation sites (N-methyl/N-ethyl adjacent to an activating group) is 2. The molecule has 1 N–H and O–H groups in total. The van der Waals surface area contributed by atoms with Crippen molar-refractivity contribution in [3.63, 3.8) is 0 Å². The van der Waals surface area contributed by atoms with E-state index in [1.54, 1.807) is 35.0 Å². The zero-order valence-corrected chi connectivity index (χ0v) is 13.0. The highest BCUT2D eigenvalue weighted by Gasteiger charge is 2.33. The van der Waals surface area contributed by atoms with Crippen molar-refractivity contribution < 1.29 is 19.0 Å². The molecule has 6 heteroatoms. The van der Waals surface area contributed by atoms with Crippen LogP contribution in [0.5, 0.6) is 0 Å². The molecule has 22 heavy (non-hydrogen) atoms. The third-order valence-corrected chi connectivity index (χ3v) is 3.89. The zero-order valence-electron chi connectivity index (χ0n) is 13.0. The van der Waals surface area contributed by atoms with Crippen LogP contribution in [0.1, 0.15) is 12.5 Å². The second-order valence-electron chi connectivity index (χ2n) is 5.62. The van der Waals surface area contributed by atoms with Crippen LogP contribution in [0.15, 0.2) is 24.3 Å². The average molecular weight is 310 g/mol. The summed E-state index contributed by atoms with van der Waals surface area (Å²) in [6, 6.07) is 6.25. The molecule has 5 nitrogen and oxygen atoms in total. The summed E-state index contributed by atoms with van der Waals surface area (Å²) < 4.78 is 18.8. The Hall–Kier alpha value is -1.50. The molecule has 0 bridgehead atoms. The fraction of sp³-hybridized carbons (Fsp3) is 0.562. The Kier molecular flexibility index (Phi) is 5.88. The number of aliphatic hydroxyl groups excluding tert-OH is 1. The second kappa shape index (κ2) is 7.67. The summed E-state index contributed by atoms with van der Waals surface area (Å²) in [6.07, 6.45) is -0.638. The molecular weight excluding hydrogens is 287 g/mol. The highest BCUT2D eigenvalue weighted by molar-refractivity contribution is 5.78. The van der Waals surface area contributed by atoms with E-state index < -0.39 is 6.10 Å². The van der Waals surface area contributed by atoms with Gasteiger partial charge in [-0.05, 0) is 20.0 Å². The van der Waals surface area contributed by atoms with E-state index in [1.807, 2.05) is 6.92 Å². The van der Waals surface area contributed by atoms with Gasteiger partial charge in [-0.2, -0.15) is 0 Å². The number of hydrogen-bond acceptors (Lipinski definition) is 4. The van der Waals surface area contributed by atoms with E-state index in [9.17, 15) is 14.3 Å². The van der Waals surface area contributed by atoms with Gasteiger partial charge in [0.05, 0.1) is 31.9 Å². The van der Waals surface area contributed by atoms with Crippen LogP contribution in [0, 0.1) is 5.82 Å². The standard InChI is InChI=1S/C16H23FN2O3/c1-3-19(14-10-22-11-15(14)20)16(21)9-18(2)8-12-6-4-5-7-13(12)17/h4-7,14-15,20H,3,8-11H2,1-2H3. The topological polar surface area (TPSA) is 53.0 Å². The summed E-state index contributed by atoms with van der Waals surface area (Å²) in [6.45, 7) is 3.54. The SMILES string of the molecule is CCN(C(=O)CN(C)Cc1ccccc1F)C1COCC1O. The molecule has 1 aromatic carbocycles. The monoisotopic (exact) mass is 310 g/mol. The van der Waals surface area contributed by atoms with Crippen molar-refractivity contribution in [1.82, 2.24) is 9.80 Å². The smallest absolute Gasteiger partial charge is 0.237 e. The fourth-order valence-electron chi connectivity index (χ4n) is 2.72. The summed E-state index contributed by atoms with van der Waals surface area (Å²) in [5, 5.41) is 9.86. The van der Waals surface area contributed by atoms with Gasteiger partial charge in [0.2, 0.25) is 5.91 Å². The molecule has 1 amide bonds. The van der Waals surface area contributed by atoms with Crippen molar-refractivity contribution in [3.8, 4) is 0 Å². The molecule has 2 atom stereocenters. The molecule has 0 radical (unpaired) electrons. The van der Waals surface area contributed by atoms with Crippen molar-refractivity contribution in [3.05, 3.63) is 35.6 Å². The van der Waals surface area contributed by atoms with Crippen LogP contribution in [-0.4, -0.2) is 66.3 Å². The van der Waals surface area contributed by atoms with Crippen LogP contribution in [0.3, 0.4) is 0 Å². The molecule has 0 aromatic heterocycles. The maximum Gasteiger partial charge on any atom is 0.237 e. The van der Waals surface area contributed by atoms with Crippen molar-refractivity contribution in [2.45, 2.75) is 25.6 Å². The van der Waals surface area contributed by atoms with Crippen molar-refractivity contribution in [2.75, 3.05) is 33.4 Å². The predicted octanol–water partition coefficient (Wildman–Crippen LogP) is 0.866. The van der Waals surface area contributed by atoms with Crippen molar-refractivity contribution in [2.24, 2.45) is 0 Å². The summed E-state index contributed by atoms with van der Waals surface area (Å²) >= 11 is 0. The highest BCUT2D eigenvalue weighted by atomic mass is 19.1. The molecule has 0 aliphatic carbocycles. The van der Waals surface area contributed by atoms with Crippen LogP contribution >= 0.6 is 0 Å². The lowest BCUT2D eigenvalue weighted by atomic mass is 10.1. The van der Waals surface area contributed by atoms with Gasteiger partial charge in [-0.25, -0.2) is 4.39 Å². The van der Waals surface area contributed by atoms with E-state index in [0.717, 1.165) is 0 Å². The van der Waals surface area contributed by atoms with Crippen LogP contribution in [0.4, 0.5) is 4.39 Å². The van der Waals surface area contributed by atoms with E-state index >= 15 is 0 Å². The lowest BCUT2D eigenvalue weighted by molar-refractivity contribution is -0.136.